The summed E-state index contributed by atoms with van der Waals surface area (Å²) >= 11 is 1.60. The lowest BCUT2D eigenvalue weighted by atomic mass is 10.4. The molecular weight excluding hydrogens is 258 g/mol. The monoisotopic (exact) mass is 275 g/mol. The summed E-state index contributed by atoms with van der Waals surface area (Å²) < 4.78 is 25.3. The van der Waals surface area contributed by atoms with Crippen molar-refractivity contribution in [2.75, 3.05) is 36.8 Å². The third-order valence-electron chi connectivity index (χ3n) is 2.78. The van der Waals surface area contributed by atoms with Crippen molar-refractivity contribution < 1.29 is 8.42 Å². The van der Waals surface area contributed by atoms with Gasteiger partial charge in [0.15, 0.2) is 5.13 Å². The first-order chi connectivity index (χ1) is 8.13. The van der Waals surface area contributed by atoms with E-state index in [1.807, 2.05) is 12.3 Å². The molecule has 0 N–H and O–H groups in total. The van der Waals surface area contributed by atoms with Crippen LogP contribution < -0.4 is 4.90 Å². The summed E-state index contributed by atoms with van der Waals surface area (Å²) in [6.07, 6.45) is 2.45. The number of thiazole rings is 1. The first kappa shape index (κ1) is 12.8. The zero-order valence-electron chi connectivity index (χ0n) is 9.87. The van der Waals surface area contributed by atoms with Crippen LogP contribution in [0, 0.1) is 0 Å². The summed E-state index contributed by atoms with van der Waals surface area (Å²) in [5, 5.41) is 2.92. The molecule has 17 heavy (non-hydrogen) atoms. The number of hydrogen-bond donors (Lipinski definition) is 0. The van der Waals surface area contributed by atoms with E-state index in [0.29, 0.717) is 19.5 Å². The molecule has 2 rings (SSSR count). The van der Waals surface area contributed by atoms with Crippen molar-refractivity contribution in [1.82, 2.24) is 9.29 Å². The number of piperazine rings is 1. The molecule has 1 fully saturated rings. The minimum Gasteiger partial charge on any atom is -0.345 e. The van der Waals surface area contributed by atoms with Crippen LogP contribution in [0.2, 0.25) is 0 Å². The molecule has 2 heterocycles. The zero-order valence-corrected chi connectivity index (χ0v) is 11.5. The fourth-order valence-electron chi connectivity index (χ4n) is 1.92. The largest absolute Gasteiger partial charge is 0.345 e. The van der Waals surface area contributed by atoms with Crippen molar-refractivity contribution in [3.05, 3.63) is 11.6 Å². The third kappa shape index (κ3) is 2.97. The van der Waals surface area contributed by atoms with E-state index in [2.05, 4.69) is 9.88 Å². The predicted octanol–water partition coefficient (Wildman–Crippen LogP) is 1.00. The van der Waals surface area contributed by atoms with Crippen LogP contribution in [0.25, 0.3) is 0 Å². The molecule has 1 aromatic rings. The number of aromatic nitrogens is 1. The van der Waals surface area contributed by atoms with Crippen molar-refractivity contribution in [2.45, 2.75) is 13.3 Å². The maximum atomic E-state index is 11.9. The Morgan fingerprint density at radius 3 is 2.59 bits per heavy atom. The van der Waals surface area contributed by atoms with Gasteiger partial charge in [-0.25, -0.2) is 13.4 Å². The lowest BCUT2D eigenvalue weighted by Gasteiger charge is -2.33. The van der Waals surface area contributed by atoms with Crippen LogP contribution in [0.1, 0.15) is 13.3 Å². The van der Waals surface area contributed by atoms with E-state index in [4.69, 9.17) is 0 Å². The Morgan fingerprint density at radius 1 is 1.35 bits per heavy atom. The van der Waals surface area contributed by atoms with Gasteiger partial charge in [-0.2, -0.15) is 4.31 Å². The van der Waals surface area contributed by atoms with E-state index in [1.54, 1.807) is 21.8 Å². The molecule has 5 nitrogen and oxygen atoms in total. The highest BCUT2D eigenvalue weighted by molar-refractivity contribution is 7.89. The smallest absolute Gasteiger partial charge is 0.214 e. The SMILES string of the molecule is CCCS(=O)(=O)N1CCN(c2nccs2)CC1. The van der Waals surface area contributed by atoms with Crippen molar-refractivity contribution in [2.24, 2.45) is 0 Å². The van der Waals surface area contributed by atoms with Crippen LogP contribution >= 0.6 is 11.3 Å². The summed E-state index contributed by atoms with van der Waals surface area (Å²) in [4.78, 5) is 6.38. The zero-order chi connectivity index (χ0) is 12.3. The molecule has 0 aliphatic carbocycles. The van der Waals surface area contributed by atoms with Crippen LogP contribution in [0.4, 0.5) is 5.13 Å². The van der Waals surface area contributed by atoms with Crippen LogP contribution in [0.15, 0.2) is 11.6 Å². The molecule has 1 saturated heterocycles. The Morgan fingerprint density at radius 2 is 2.06 bits per heavy atom. The lowest BCUT2D eigenvalue weighted by Crippen LogP contribution is -2.49. The second kappa shape index (κ2) is 5.32. The van der Waals surface area contributed by atoms with Gasteiger partial charge in [0.1, 0.15) is 0 Å². The van der Waals surface area contributed by atoms with Gasteiger partial charge < -0.3 is 4.90 Å². The molecule has 0 bridgehead atoms. The van der Waals surface area contributed by atoms with E-state index in [9.17, 15) is 8.42 Å². The van der Waals surface area contributed by atoms with Gasteiger partial charge in [-0.15, -0.1) is 11.3 Å². The normalized spacial score (nSPS) is 18.5. The molecule has 0 atom stereocenters. The molecule has 1 aliphatic rings. The Balaban J connectivity index is 1.94. The molecule has 0 saturated carbocycles. The molecule has 96 valence electrons. The van der Waals surface area contributed by atoms with Gasteiger partial charge >= 0.3 is 0 Å². The average Bonchev–Trinajstić information content (AvgIpc) is 2.82. The van der Waals surface area contributed by atoms with Crippen molar-refractivity contribution in [3.63, 3.8) is 0 Å². The molecule has 0 unspecified atom stereocenters. The van der Waals surface area contributed by atoms with Gasteiger partial charge in [0, 0.05) is 37.8 Å². The van der Waals surface area contributed by atoms with Crippen LogP contribution in [-0.4, -0.2) is 49.6 Å². The molecule has 0 spiro atoms. The molecule has 7 heteroatoms. The van der Waals surface area contributed by atoms with Gasteiger partial charge in [-0.05, 0) is 6.42 Å². The second-order valence-corrected chi connectivity index (χ2v) is 6.98. The van der Waals surface area contributed by atoms with Gasteiger partial charge in [0.2, 0.25) is 10.0 Å². The van der Waals surface area contributed by atoms with Crippen molar-refractivity contribution in [3.8, 4) is 0 Å². The third-order valence-corrected chi connectivity index (χ3v) is 5.69. The van der Waals surface area contributed by atoms with Gasteiger partial charge in [0.25, 0.3) is 0 Å². The van der Waals surface area contributed by atoms with E-state index in [0.717, 1.165) is 18.2 Å². The number of anilines is 1. The quantitative estimate of drug-likeness (QED) is 0.823. The fourth-order valence-corrected chi connectivity index (χ4v) is 4.11. The van der Waals surface area contributed by atoms with Crippen molar-refractivity contribution in [1.29, 1.82) is 0 Å². The molecule has 0 aromatic carbocycles. The average molecular weight is 275 g/mol. The summed E-state index contributed by atoms with van der Waals surface area (Å²) in [5.74, 6) is 0.254. The van der Waals surface area contributed by atoms with Gasteiger partial charge in [-0.3, -0.25) is 0 Å². The number of hydrogen-bond acceptors (Lipinski definition) is 5. The molecular formula is C10H17N3O2S2. The lowest BCUT2D eigenvalue weighted by molar-refractivity contribution is 0.384. The second-order valence-electron chi connectivity index (χ2n) is 4.02. The van der Waals surface area contributed by atoms with Crippen molar-refractivity contribution >= 4 is 26.5 Å². The molecule has 0 amide bonds. The Labute approximate surface area is 106 Å². The van der Waals surface area contributed by atoms with Crippen LogP contribution in [-0.2, 0) is 10.0 Å². The Kier molecular flexibility index (Phi) is 4.01. The maximum absolute atomic E-state index is 11.9. The number of nitrogens with zero attached hydrogens (tertiary/aromatic N) is 3. The first-order valence-electron chi connectivity index (χ1n) is 5.76. The minimum absolute atomic E-state index is 0.254. The minimum atomic E-state index is -3.04. The standard InChI is InChI=1S/C10H17N3O2S2/c1-2-9-17(14,15)13-6-4-12(5-7-13)10-11-3-8-16-10/h3,8H,2,4-7,9H2,1H3. The van der Waals surface area contributed by atoms with E-state index in [-0.39, 0.29) is 5.75 Å². The predicted molar refractivity (Wildman–Crippen MR) is 70.0 cm³/mol. The first-order valence-corrected chi connectivity index (χ1v) is 8.24. The number of rotatable bonds is 4. The summed E-state index contributed by atoms with van der Waals surface area (Å²) in [7, 11) is -3.04. The van der Waals surface area contributed by atoms with Crippen LogP contribution in [0.3, 0.4) is 0 Å². The highest BCUT2D eigenvalue weighted by atomic mass is 32.2. The fraction of sp³-hybridized carbons (Fsp3) is 0.700. The highest BCUT2D eigenvalue weighted by Crippen LogP contribution is 2.19. The van der Waals surface area contributed by atoms with E-state index < -0.39 is 10.0 Å². The van der Waals surface area contributed by atoms with Gasteiger partial charge in [0.05, 0.1) is 5.75 Å². The molecule has 1 aromatic heterocycles. The summed E-state index contributed by atoms with van der Waals surface area (Å²) in [6.45, 7) is 4.50. The summed E-state index contributed by atoms with van der Waals surface area (Å²) in [6, 6.07) is 0. The molecule has 0 radical (unpaired) electrons. The van der Waals surface area contributed by atoms with E-state index >= 15 is 0 Å². The maximum Gasteiger partial charge on any atom is 0.214 e. The summed E-state index contributed by atoms with van der Waals surface area (Å²) in [5.41, 5.74) is 0. The van der Waals surface area contributed by atoms with E-state index in [1.165, 1.54) is 0 Å². The van der Waals surface area contributed by atoms with Gasteiger partial charge in [-0.1, -0.05) is 6.92 Å². The topological polar surface area (TPSA) is 53.5 Å². The van der Waals surface area contributed by atoms with Crippen LogP contribution in [0.5, 0.6) is 0 Å². The Bertz CT molecular complexity index is 436. The number of sulfonamides is 1. The highest BCUT2D eigenvalue weighted by Gasteiger charge is 2.26. The Hall–Kier alpha value is -0.660. The molecule has 1 aliphatic heterocycles.